The lowest BCUT2D eigenvalue weighted by molar-refractivity contribution is 0.284. The number of thiazole rings is 1. The number of nitrogens with zero attached hydrogens (tertiary/aromatic N) is 1. The van der Waals surface area contributed by atoms with E-state index in [0.717, 1.165) is 17.0 Å². The van der Waals surface area contributed by atoms with E-state index in [9.17, 15) is 9.18 Å². The molecule has 68 valence electrons. The van der Waals surface area contributed by atoms with Crippen molar-refractivity contribution in [2.24, 2.45) is 0 Å². The van der Waals surface area contributed by atoms with Crippen molar-refractivity contribution >= 4 is 11.3 Å². The number of aromatic nitrogens is 1. The van der Waals surface area contributed by atoms with Crippen LogP contribution in [0.5, 0.6) is 0 Å². The smallest absolute Gasteiger partial charge is 0.300 e. The van der Waals surface area contributed by atoms with Crippen molar-refractivity contribution in [1.29, 1.82) is 0 Å². The zero-order valence-corrected chi connectivity index (χ0v) is 8.03. The third-order valence-electron chi connectivity index (χ3n) is 1.80. The van der Waals surface area contributed by atoms with Gasteiger partial charge in [0.15, 0.2) is 0 Å². The lowest BCUT2D eigenvalue weighted by Crippen LogP contribution is -2.20. The molecule has 0 aliphatic heterocycles. The Labute approximate surface area is 74.7 Å². The summed E-state index contributed by atoms with van der Waals surface area (Å²) in [5.41, 5.74) is 0.848. The van der Waals surface area contributed by atoms with E-state index in [1.165, 1.54) is 4.57 Å². The van der Waals surface area contributed by atoms with Gasteiger partial charge in [-0.3, -0.25) is 4.79 Å². The summed E-state index contributed by atoms with van der Waals surface area (Å²) in [6, 6.07) is 0. The van der Waals surface area contributed by atoms with E-state index in [4.69, 9.17) is 0 Å². The normalized spacial score (nSPS) is 13.2. The minimum Gasteiger partial charge on any atom is -0.300 e. The SMILES string of the molecule is CCC(F)Cn1c(C)csc1=O. The summed E-state index contributed by atoms with van der Waals surface area (Å²) in [5.74, 6) is 0. The van der Waals surface area contributed by atoms with E-state index in [0.29, 0.717) is 6.42 Å². The van der Waals surface area contributed by atoms with E-state index < -0.39 is 6.17 Å². The molecule has 0 N–H and O–H groups in total. The number of alkyl halides is 1. The Balaban J connectivity index is 2.81. The molecule has 0 saturated heterocycles. The molecule has 0 aliphatic carbocycles. The first-order chi connectivity index (χ1) is 5.65. The molecular weight excluding hydrogens is 177 g/mol. The van der Waals surface area contributed by atoms with Gasteiger partial charge in [-0.1, -0.05) is 18.3 Å². The summed E-state index contributed by atoms with van der Waals surface area (Å²) in [7, 11) is 0. The van der Waals surface area contributed by atoms with Crippen LogP contribution in [0.2, 0.25) is 0 Å². The predicted molar refractivity (Wildman–Crippen MR) is 48.5 cm³/mol. The monoisotopic (exact) mass is 189 g/mol. The average molecular weight is 189 g/mol. The summed E-state index contributed by atoms with van der Waals surface area (Å²) in [4.78, 5) is 11.0. The number of hydrogen-bond acceptors (Lipinski definition) is 2. The maximum absolute atomic E-state index is 12.9. The summed E-state index contributed by atoms with van der Waals surface area (Å²) in [6.07, 6.45) is -0.446. The third kappa shape index (κ3) is 1.94. The fraction of sp³-hybridized carbons (Fsp3) is 0.625. The molecule has 1 heterocycles. The van der Waals surface area contributed by atoms with Crippen LogP contribution in [0.25, 0.3) is 0 Å². The number of aryl methyl sites for hydroxylation is 1. The van der Waals surface area contributed by atoms with Gasteiger partial charge in [-0.15, -0.1) is 0 Å². The van der Waals surface area contributed by atoms with Crippen molar-refractivity contribution < 1.29 is 4.39 Å². The van der Waals surface area contributed by atoms with Crippen molar-refractivity contribution in [2.45, 2.75) is 33.0 Å². The molecule has 0 radical (unpaired) electrons. The molecule has 1 unspecified atom stereocenters. The van der Waals surface area contributed by atoms with E-state index in [1.54, 1.807) is 12.3 Å². The molecular formula is C8H12FNOS. The Morgan fingerprint density at radius 2 is 2.42 bits per heavy atom. The minimum atomic E-state index is -0.906. The Morgan fingerprint density at radius 1 is 1.75 bits per heavy atom. The molecule has 1 rings (SSSR count). The van der Waals surface area contributed by atoms with Crippen LogP contribution in [0.15, 0.2) is 10.2 Å². The van der Waals surface area contributed by atoms with Gasteiger partial charge in [0.1, 0.15) is 6.17 Å². The van der Waals surface area contributed by atoms with Gasteiger partial charge in [0, 0.05) is 11.1 Å². The van der Waals surface area contributed by atoms with Crippen LogP contribution in [0, 0.1) is 6.92 Å². The maximum Gasteiger partial charge on any atom is 0.307 e. The molecule has 0 spiro atoms. The molecule has 0 aliphatic rings. The van der Waals surface area contributed by atoms with Gasteiger partial charge in [0.05, 0.1) is 6.54 Å². The molecule has 1 aromatic rings. The first-order valence-electron chi connectivity index (χ1n) is 3.94. The Morgan fingerprint density at radius 3 is 2.83 bits per heavy atom. The summed E-state index contributed by atoms with van der Waals surface area (Å²) in [5, 5.41) is 1.75. The Kier molecular flexibility index (Phi) is 3.03. The number of hydrogen-bond donors (Lipinski definition) is 0. The van der Waals surface area contributed by atoms with E-state index in [1.807, 2.05) is 6.92 Å². The average Bonchev–Trinajstić information content (AvgIpc) is 2.35. The highest BCUT2D eigenvalue weighted by molar-refractivity contribution is 7.07. The predicted octanol–water partition coefficient (Wildman–Crippen LogP) is 1.97. The van der Waals surface area contributed by atoms with Gasteiger partial charge in [0.2, 0.25) is 0 Å². The molecule has 1 aromatic heterocycles. The summed E-state index contributed by atoms with van der Waals surface area (Å²) < 4.78 is 14.4. The van der Waals surface area contributed by atoms with E-state index in [2.05, 4.69) is 0 Å². The molecule has 0 amide bonds. The van der Waals surface area contributed by atoms with Gasteiger partial charge in [0.25, 0.3) is 0 Å². The van der Waals surface area contributed by atoms with Gasteiger partial charge in [-0.25, -0.2) is 4.39 Å². The maximum atomic E-state index is 12.9. The molecule has 0 bridgehead atoms. The fourth-order valence-corrected chi connectivity index (χ4v) is 1.70. The molecule has 4 heteroatoms. The fourth-order valence-electron chi connectivity index (χ4n) is 0.953. The van der Waals surface area contributed by atoms with Gasteiger partial charge in [-0.2, -0.15) is 0 Å². The first kappa shape index (κ1) is 9.45. The van der Waals surface area contributed by atoms with Gasteiger partial charge in [-0.05, 0) is 13.3 Å². The van der Waals surface area contributed by atoms with Crippen LogP contribution >= 0.6 is 11.3 Å². The van der Waals surface area contributed by atoms with E-state index in [-0.39, 0.29) is 11.4 Å². The van der Waals surface area contributed by atoms with Crippen LogP contribution in [0.1, 0.15) is 19.0 Å². The highest BCUT2D eigenvalue weighted by Crippen LogP contribution is 2.04. The quantitative estimate of drug-likeness (QED) is 0.712. The zero-order valence-electron chi connectivity index (χ0n) is 7.21. The van der Waals surface area contributed by atoms with Gasteiger partial charge >= 0.3 is 4.87 Å². The highest BCUT2D eigenvalue weighted by Gasteiger charge is 2.08. The number of halogens is 1. The zero-order chi connectivity index (χ0) is 9.14. The second-order valence-electron chi connectivity index (χ2n) is 2.76. The second kappa shape index (κ2) is 3.85. The van der Waals surface area contributed by atoms with Crippen LogP contribution in [-0.2, 0) is 6.54 Å². The molecule has 1 atom stereocenters. The third-order valence-corrected chi connectivity index (χ3v) is 2.68. The van der Waals surface area contributed by atoms with Crippen molar-refractivity contribution in [1.82, 2.24) is 4.57 Å². The summed E-state index contributed by atoms with van der Waals surface area (Å²) in [6.45, 7) is 3.79. The summed E-state index contributed by atoms with van der Waals surface area (Å²) >= 11 is 1.12. The van der Waals surface area contributed by atoms with Crippen LogP contribution in [-0.4, -0.2) is 10.7 Å². The standard InChI is InChI=1S/C8H12FNOS/c1-3-7(9)4-10-6(2)5-12-8(10)11/h5,7H,3-4H2,1-2H3. The van der Waals surface area contributed by atoms with E-state index >= 15 is 0 Å². The minimum absolute atomic E-state index is 0.0661. The Bertz CT molecular complexity index is 304. The largest absolute Gasteiger partial charge is 0.307 e. The Hall–Kier alpha value is -0.640. The lowest BCUT2D eigenvalue weighted by atomic mass is 10.3. The van der Waals surface area contributed by atoms with Crippen LogP contribution in [0.4, 0.5) is 4.39 Å². The number of rotatable bonds is 3. The van der Waals surface area contributed by atoms with Crippen LogP contribution < -0.4 is 4.87 Å². The van der Waals surface area contributed by atoms with Gasteiger partial charge < -0.3 is 4.57 Å². The van der Waals surface area contributed by atoms with Crippen LogP contribution in [0.3, 0.4) is 0 Å². The molecule has 2 nitrogen and oxygen atoms in total. The molecule has 0 fully saturated rings. The molecule has 0 saturated carbocycles. The van der Waals surface area contributed by atoms with Crippen molar-refractivity contribution in [3.63, 3.8) is 0 Å². The van der Waals surface area contributed by atoms with Crippen molar-refractivity contribution in [3.05, 3.63) is 20.7 Å². The highest BCUT2D eigenvalue weighted by atomic mass is 32.1. The van der Waals surface area contributed by atoms with Crippen molar-refractivity contribution in [3.8, 4) is 0 Å². The lowest BCUT2D eigenvalue weighted by Gasteiger charge is -2.06. The first-order valence-corrected chi connectivity index (χ1v) is 4.82. The topological polar surface area (TPSA) is 22.0 Å². The molecule has 12 heavy (non-hydrogen) atoms. The molecule has 0 aromatic carbocycles. The second-order valence-corrected chi connectivity index (χ2v) is 3.58. The van der Waals surface area contributed by atoms with Crippen molar-refractivity contribution in [2.75, 3.05) is 0 Å².